The van der Waals surface area contributed by atoms with Crippen molar-refractivity contribution in [3.05, 3.63) is 60.9 Å². The lowest BCUT2D eigenvalue weighted by atomic mass is 10.00. The highest BCUT2D eigenvalue weighted by atomic mass is 16.6. The van der Waals surface area contributed by atoms with Crippen molar-refractivity contribution in [3.8, 4) is 23.1 Å². The Bertz CT molecular complexity index is 1910. The zero-order valence-corrected chi connectivity index (χ0v) is 26.4. The number of aromatic nitrogens is 6. The Morgan fingerprint density at radius 3 is 2.48 bits per heavy atom. The van der Waals surface area contributed by atoms with Gasteiger partial charge in [0.1, 0.15) is 42.3 Å². The highest BCUT2D eigenvalue weighted by Crippen LogP contribution is 2.41. The lowest BCUT2D eigenvalue weighted by Gasteiger charge is -2.39. The van der Waals surface area contributed by atoms with Gasteiger partial charge in [-0.2, -0.15) is 5.10 Å². The average Bonchev–Trinajstić information content (AvgIpc) is 3.59. The van der Waals surface area contributed by atoms with E-state index in [1.807, 2.05) is 62.9 Å². The second-order valence-corrected chi connectivity index (χ2v) is 12.7. The van der Waals surface area contributed by atoms with Crippen LogP contribution in [0.2, 0.25) is 0 Å². The summed E-state index contributed by atoms with van der Waals surface area (Å²) in [6.45, 7) is 7.65. The number of fused-ring (bicyclic) bond motifs is 4. The molecule has 2 aromatic carbocycles. The van der Waals surface area contributed by atoms with Crippen LogP contribution in [0.25, 0.3) is 16.6 Å². The molecule has 1 amide bonds. The minimum Gasteiger partial charge on any atom is -0.493 e. The number of rotatable bonds is 7. The van der Waals surface area contributed by atoms with Crippen molar-refractivity contribution >= 4 is 34.1 Å². The minimum absolute atomic E-state index is 0.0706. The highest BCUT2D eigenvalue weighted by Gasteiger charge is 2.45. The number of benzene rings is 2. The third-order valence-electron chi connectivity index (χ3n) is 8.31. The number of hydrogen-bond acceptors (Lipinski definition) is 11. The van der Waals surface area contributed by atoms with Gasteiger partial charge in [-0.05, 0) is 70.4 Å². The normalized spacial score (nSPS) is 19.3. The first-order chi connectivity index (χ1) is 22.1. The van der Waals surface area contributed by atoms with E-state index in [2.05, 4.69) is 30.4 Å². The number of anilines is 2. The number of nitrogens with one attached hydrogen (secondary N) is 1. The van der Waals surface area contributed by atoms with E-state index in [1.165, 1.54) is 12.7 Å². The fraction of sp³-hybridized carbons (Fsp3) is 0.394. The van der Waals surface area contributed by atoms with E-state index in [-0.39, 0.29) is 24.3 Å². The van der Waals surface area contributed by atoms with Crippen molar-refractivity contribution in [2.45, 2.75) is 77.2 Å². The quantitative estimate of drug-likeness (QED) is 0.220. The zero-order valence-electron chi connectivity index (χ0n) is 26.4. The topological polar surface area (TPSA) is 138 Å². The maximum absolute atomic E-state index is 12.9. The van der Waals surface area contributed by atoms with E-state index in [1.54, 1.807) is 24.0 Å². The maximum Gasteiger partial charge on any atom is 0.410 e. The molecule has 2 bridgehead atoms. The third kappa shape index (κ3) is 5.92. The molecule has 3 atom stereocenters. The fourth-order valence-corrected chi connectivity index (χ4v) is 6.29. The van der Waals surface area contributed by atoms with Gasteiger partial charge in [-0.25, -0.2) is 29.2 Å². The van der Waals surface area contributed by atoms with Gasteiger partial charge in [0, 0.05) is 48.1 Å². The van der Waals surface area contributed by atoms with E-state index in [4.69, 9.17) is 18.9 Å². The Hall–Kier alpha value is -5.20. The van der Waals surface area contributed by atoms with Gasteiger partial charge in [-0.15, -0.1) is 0 Å². The Balaban J connectivity index is 1.09. The molecule has 5 aromatic rings. The molecule has 2 aliphatic rings. The van der Waals surface area contributed by atoms with Crippen LogP contribution in [0.4, 0.5) is 16.3 Å². The number of methoxy groups -OCH3 is 1. The van der Waals surface area contributed by atoms with Crippen LogP contribution in [0.5, 0.6) is 23.1 Å². The van der Waals surface area contributed by atoms with Crippen molar-refractivity contribution in [1.29, 1.82) is 0 Å². The van der Waals surface area contributed by atoms with Gasteiger partial charge in [-0.3, -0.25) is 0 Å². The largest absolute Gasteiger partial charge is 0.493 e. The fourth-order valence-electron chi connectivity index (χ4n) is 6.29. The van der Waals surface area contributed by atoms with E-state index < -0.39 is 5.60 Å². The number of carbonyl (C=O) groups excluding carboxylic acids is 1. The van der Waals surface area contributed by atoms with Crippen LogP contribution >= 0.6 is 0 Å². The molecule has 2 fully saturated rings. The summed E-state index contributed by atoms with van der Waals surface area (Å²) in [7, 11) is 1.62. The van der Waals surface area contributed by atoms with Crippen LogP contribution in [0, 0.1) is 6.92 Å². The van der Waals surface area contributed by atoms with Gasteiger partial charge < -0.3 is 29.2 Å². The number of nitrogens with zero attached hydrogens (tertiary/aromatic N) is 7. The van der Waals surface area contributed by atoms with Crippen LogP contribution in [-0.2, 0) is 4.74 Å². The monoisotopic (exact) mass is 624 g/mol. The van der Waals surface area contributed by atoms with Gasteiger partial charge in [0.15, 0.2) is 17.1 Å². The van der Waals surface area contributed by atoms with Gasteiger partial charge in [0.2, 0.25) is 5.88 Å². The standard InChI is InChI=1S/C33H36N8O5/c1-19-10-20(6-9-26(19)45-30-15-29-35-17-38-40(29)18-37-30)39-31-24-13-28(27(43-5)14-25(24)34-16-36-31)44-23-11-21-7-8-22(12-23)41(21)32(42)46-33(2,3)4/h6,9-10,13-18,21-23H,7-8,11-12H2,1-5H3,(H,34,36,39)/t21-,22+,23?. The van der Waals surface area contributed by atoms with Crippen LogP contribution < -0.4 is 19.5 Å². The zero-order chi connectivity index (χ0) is 32.0. The summed E-state index contributed by atoms with van der Waals surface area (Å²) in [5.74, 6) is 2.93. The molecule has 1 unspecified atom stereocenters. The molecular weight excluding hydrogens is 588 g/mol. The van der Waals surface area contributed by atoms with E-state index >= 15 is 0 Å². The predicted octanol–water partition coefficient (Wildman–Crippen LogP) is 6.23. The van der Waals surface area contributed by atoms with Crippen LogP contribution in [-0.4, -0.2) is 71.4 Å². The van der Waals surface area contributed by atoms with Crippen molar-refractivity contribution < 1.29 is 23.7 Å². The van der Waals surface area contributed by atoms with E-state index in [0.29, 0.717) is 40.1 Å². The van der Waals surface area contributed by atoms with Crippen molar-refractivity contribution in [3.63, 3.8) is 0 Å². The van der Waals surface area contributed by atoms with Crippen LogP contribution in [0.15, 0.2) is 55.4 Å². The first-order valence-corrected chi connectivity index (χ1v) is 15.3. The predicted molar refractivity (Wildman–Crippen MR) is 170 cm³/mol. The number of carbonyl (C=O) groups is 1. The summed E-state index contributed by atoms with van der Waals surface area (Å²) in [5, 5.41) is 8.28. The second kappa shape index (κ2) is 11.6. The maximum atomic E-state index is 12.9. The van der Waals surface area contributed by atoms with Gasteiger partial charge in [-0.1, -0.05) is 0 Å². The summed E-state index contributed by atoms with van der Waals surface area (Å²) in [4.78, 5) is 32.4. The molecule has 0 aliphatic carbocycles. The Morgan fingerprint density at radius 1 is 0.935 bits per heavy atom. The highest BCUT2D eigenvalue weighted by molar-refractivity contribution is 5.93. The van der Waals surface area contributed by atoms with Gasteiger partial charge in [0.05, 0.1) is 12.6 Å². The van der Waals surface area contributed by atoms with Crippen molar-refractivity contribution in [2.24, 2.45) is 0 Å². The summed E-state index contributed by atoms with van der Waals surface area (Å²) in [6.07, 6.45) is 7.57. The summed E-state index contributed by atoms with van der Waals surface area (Å²) >= 11 is 0. The van der Waals surface area contributed by atoms with E-state index in [0.717, 1.165) is 42.3 Å². The average molecular weight is 625 g/mol. The number of aryl methyl sites for hydroxylation is 1. The second-order valence-electron chi connectivity index (χ2n) is 12.7. The summed E-state index contributed by atoms with van der Waals surface area (Å²) in [6, 6.07) is 11.5. The number of hydrogen-bond donors (Lipinski definition) is 1. The SMILES string of the molecule is COc1cc2ncnc(Nc3ccc(Oc4cc5ncnn5cn4)c(C)c3)c2cc1OC1C[C@H]2CC[C@@H](C1)N2C(=O)OC(C)(C)C. The Morgan fingerprint density at radius 2 is 1.74 bits per heavy atom. The molecule has 13 heteroatoms. The molecule has 2 saturated heterocycles. The summed E-state index contributed by atoms with van der Waals surface area (Å²) < 4.78 is 25.6. The first-order valence-electron chi connectivity index (χ1n) is 15.3. The first kappa shape index (κ1) is 29.5. The molecule has 3 aromatic heterocycles. The number of ether oxygens (including phenoxy) is 4. The van der Waals surface area contributed by atoms with Crippen molar-refractivity contribution in [1.82, 2.24) is 34.4 Å². The molecule has 0 radical (unpaired) electrons. The molecule has 46 heavy (non-hydrogen) atoms. The lowest BCUT2D eigenvalue weighted by Crippen LogP contribution is -2.50. The molecule has 1 N–H and O–H groups in total. The number of piperidine rings is 1. The summed E-state index contributed by atoms with van der Waals surface area (Å²) in [5.41, 5.74) is 2.57. The third-order valence-corrected chi connectivity index (χ3v) is 8.31. The molecule has 2 aliphatic heterocycles. The van der Waals surface area contributed by atoms with Crippen molar-refractivity contribution in [2.75, 3.05) is 12.4 Å². The Labute approximate surface area is 265 Å². The molecule has 0 saturated carbocycles. The van der Waals surface area contributed by atoms with Gasteiger partial charge in [0.25, 0.3) is 0 Å². The minimum atomic E-state index is -0.531. The number of amides is 1. The lowest BCUT2D eigenvalue weighted by molar-refractivity contribution is -0.00735. The molecule has 238 valence electrons. The molecule has 7 rings (SSSR count). The molecule has 13 nitrogen and oxygen atoms in total. The molecule has 0 spiro atoms. The molecule has 5 heterocycles. The van der Waals surface area contributed by atoms with Crippen LogP contribution in [0.3, 0.4) is 0 Å². The van der Waals surface area contributed by atoms with Crippen LogP contribution in [0.1, 0.15) is 52.0 Å². The van der Waals surface area contributed by atoms with E-state index in [9.17, 15) is 4.79 Å². The smallest absolute Gasteiger partial charge is 0.410 e. The molecular formula is C33H36N8O5. The Kier molecular flexibility index (Phi) is 7.46. The van der Waals surface area contributed by atoms with Gasteiger partial charge >= 0.3 is 6.09 Å².